The van der Waals surface area contributed by atoms with Crippen LogP contribution in [0.2, 0.25) is 0 Å². The van der Waals surface area contributed by atoms with Crippen molar-refractivity contribution in [2.45, 2.75) is 69.8 Å². The molecule has 3 N–H and O–H groups in total. The first-order chi connectivity index (χ1) is 15.0. The van der Waals surface area contributed by atoms with Gasteiger partial charge in [0, 0.05) is 12.2 Å². The van der Waals surface area contributed by atoms with E-state index in [0.29, 0.717) is 25.7 Å². The molecule has 8 nitrogen and oxygen atoms in total. The Morgan fingerprint density at radius 1 is 1.34 bits per heavy atom. The predicted octanol–water partition coefficient (Wildman–Crippen LogP) is 2.77. The van der Waals surface area contributed by atoms with E-state index in [1.54, 1.807) is 12.1 Å². The second-order valence-electron chi connectivity index (χ2n) is 9.16. The van der Waals surface area contributed by atoms with Gasteiger partial charge in [-0.15, -0.1) is 0 Å². The molecule has 2 heterocycles. The van der Waals surface area contributed by atoms with E-state index in [2.05, 4.69) is 10.3 Å². The number of alkyl halides is 3. The zero-order chi connectivity index (χ0) is 23.3. The summed E-state index contributed by atoms with van der Waals surface area (Å²) in [6.07, 6.45) is -0.539. The number of amides is 4. The van der Waals surface area contributed by atoms with Crippen molar-refractivity contribution in [2.24, 2.45) is 17.1 Å². The van der Waals surface area contributed by atoms with E-state index in [-0.39, 0.29) is 41.8 Å². The van der Waals surface area contributed by atoms with Gasteiger partial charge in [0.1, 0.15) is 17.7 Å². The monoisotopic (exact) mass is 454 g/mol. The maximum absolute atomic E-state index is 12.7. The van der Waals surface area contributed by atoms with Gasteiger partial charge in [0.15, 0.2) is 0 Å². The molecule has 4 rings (SSSR count). The number of primary amides is 1. The fourth-order valence-electron chi connectivity index (χ4n) is 4.95. The van der Waals surface area contributed by atoms with E-state index in [1.165, 1.54) is 11.1 Å². The highest BCUT2D eigenvalue weighted by Gasteiger charge is 2.58. The zero-order valence-electron chi connectivity index (χ0n) is 17.5. The summed E-state index contributed by atoms with van der Waals surface area (Å²) in [4.78, 5) is 41.6. The van der Waals surface area contributed by atoms with Crippen molar-refractivity contribution in [1.82, 2.24) is 15.2 Å². The SMILES string of the molecule is CC(CCC1NC(=O)N([C@H]2CC3(C[C@H](Oc4ncccc4C(N)=O)C3)C2)C1=O)C(F)(F)F. The lowest BCUT2D eigenvalue weighted by molar-refractivity contribution is -0.172. The van der Waals surface area contributed by atoms with Crippen molar-refractivity contribution < 1.29 is 32.3 Å². The minimum Gasteiger partial charge on any atom is -0.474 e. The van der Waals surface area contributed by atoms with Crippen molar-refractivity contribution >= 4 is 17.8 Å². The van der Waals surface area contributed by atoms with Gasteiger partial charge in [0.25, 0.3) is 11.8 Å². The van der Waals surface area contributed by atoms with E-state index in [1.807, 2.05) is 0 Å². The average molecular weight is 454 g/mol. The third-order valence-corrected chi connectivity index (χ3v) is 6.84. The van der Waals surface area contributed by atoms with Crippen molar-refractivity contribution in [3.63, 3.8) is 0 Å². The normalized spacial score (nSPS) is 30.5. The number of pyridine rings is 1. The Morgan fingerprint density at radius 2 is 2.03 bits per heavy atom. The Morgan fingerprint density at radius 3 is 2.66 bits per heavy atom. The van der Waals surface area contributed by atoms with Crippen molar-refractivity contribution in [2.75, 3.05) is 0 Å². The van der Waals surface area contributed by atoms with Crippen LogP contribution in [0.3, 0.4) is 0 Å². The van der Waals surface area contributed by atoms with Gasteiger partial charge in [-0.1, -0.05) is 6.92 Å². The van der Waals surface area contributed by atoms with Gasteiger partial charge < -0.3 is 15.8 Å². The van der Waals surface area contributed by atoms with Crippen LogP contribution in [-0.2, 0) is 4.79 Å². The van der Waals surface area contributed by atoms with Gasteiger partial charge in [0.05, 0.1) is 5.92 Å². The third-order valence-electron chi connectivity index (χ3n) is 6.84. The molecule has 174 valence electrons. The largest absolute Gasteiger partial charge is 0.474 e. The van der Waals surface area contributed by atoms with Crippen molar-refractivity contribution in [1.29, 1.82) is 0 Å². The molecule has 2 aliphatic carbocycles. The third kappa shape index (κ3) is 4.12. The molecular weight excluding hydrogens is 429 g/mol. The molecule has 1 aromatic rings. The lowest BCUT2D eigenvalue weighted by Crippen LogP contribution is -2.60. The fourth-order valence-corrected chi connectivity index (χ4v) is 4.95. The van der Waals surface area contributed by atoms with E-state index in [4.69, 9.17) is 10.5 Å². The molecule has 2 atom stereocenters. The Labute approximate surface area is 182 Å². The Bertz CT molecular complexity index is 924. The van der Waals surface area contributed by atoms with Crippen LogP contribution in [0.5, 0.6) is 5.88 Å². The van der Waals surface area contributed by atoms with Gasteiger partial charge in [-0.2, -0.15) is 13.2 Å². The highest BCUT2D eigenvalue weighted by Crippen LogP contribution is 2.58. The second kappa shape index (κ2) is 7.93. The first-order valence-corrected chi connectivity index (χ1v) is 10.6. The van der Waals surface area contributed by atoms with Crippen LogP contribution in [0.25, 0.3) is 0 Å². The molecule has 2 saturated carbocycles. The number of aromatic nitrogens is 1. The Kier molecular flexibility index (Phi) is 5.54. The lowest BCUT2D eigenvalue weighted by atomic mass is 9.52. The van der Waals surface area contributed by atoms with E-state index >= 15 is 0 Å². The van der Waals surface area contributed by atoms with Crippen LogP contribution < -0.4 is 15.8 Å². The number of ether oxygens (including phenoxy) is 1. The molecule has 3 fully saturated rings. The van der Waals surface area contributed by atoms with Gasteiger partial charge in [0.2, 0.25) is 5.88 Å². The first kappa shape index (κ1) is 22.3. The summed E-state index contributed by atoms with van der Waals surface area (Å²) in [6, 6.07) is 1.44. The topological polar surface area (TPSA) is 115 Å². The summed E-state index contributed by atoms with van der Waals surface area (Å²) < 4.78 is 43.9. The highest BCUT2D eigenvalue weighted by molar-refractivity contribution is 6.04. The number of rotatable bonds is 7. The summed E-state index contributed by atoms with van der Waals surface area (Å²) >= 11 is 0. The zero-order valence-corrected chi connectivity index (χ0v) is 17.5. The summed E-state index contributed by atoms with van der Waals surface area (Å²) in [5.74, 6) is -2.41. The number of nitrogens with zero attached hydrogens (tertiary/aromatic N) is 2. The van der Waals surface area contributed by atoms with Crippen LogP contribution in [-0.4, -0.2) is 52.1 Å². The summed E-state index contributed by atoms with van der Waals surface area (Å²) in [6.45, 7) is 1.07. The molecule has 32 heavy (non-hydrogen) atoms. The number of imide groups is 1. The van der Waals surface area contributed by atoms with Gasteiger partial charge in [-0.25, -0.2) is 9.78 Å². The van der Waals surface area contributed by atoms with Gasteiger partial charge >= 0.3 is 12.2 Å². The molecule has 0 radical (unpaired) electrons. The molecule has 1 saturated heterocycles. The maximum atomic E-state index is 12.7. The summed E-state index contributed by atoms with van der Waals surface area (Å²) in [5.41, 5.74) is 5.51. The Balaban J connectivity index is 1.27. The van der Waals surface area contributed by atoms with Crippen LogP contribution >= 0.6 is 0 Å². The number of hydrogen-bond donors (Lipinski definition) is 2. The van der Waals surface area contributed by atoms with E-state index < -0.39 is 36.0 Å². The molecule has 0 bridgehead atoms. The van der Waals surface area contributed by atoms with Crippen molar-refractivity contribution in [3.05, 3.63) is 23.9 Å². The Hall–Kier alpha value is -2.85. The first-order valence-electron chi connectivity index (χ1n) is 10.6. The number of carbonyl (C=O) groups is 3. The predicted molar refractivity (Wildman–Crippen MR) is 105 cm³/mol. The molecule has 1 aliphatic heterocycles. The molecule has 2 unspecified atom stereocenters. The van der Waals surface area contributed by atoms with Crippen molar-refractivity contribution in [3.8, 4) is 5.88 Å². The lowest BCUT2D eigenvalue weighted by Gasteiger charge is -2.58. The summed E-state index contributed by atoms with van der Waals surface area (Å²) in [7, 11) is 0. The molecule has 4 amide bonds. The molecule has 0 aromatic carbocycles. The van der Waals surface area contributed by atoms with Gasteiger partial charge in [-0.3, -0.25) is 14.5 Å². The number of hydrogen-bond acceptors (Lipinski definition) is 5. The van der Waals surface area contributed by atoms with Crippen LogP contribution in [0.15, 0.2) is 18.3 Å². The molecule has 1 spiro atoms. The minimum atomic E-state index is -4.32. The van der Waals surface area contributed by atoms with Crippen LogP contribution in [0, 0.1) is 11.3 Å². The smallest absolute Gasteiger partial charge is 0.391 e. The number of nitrogens with two attached hydrogens (primary N) is 1. The number of carbonyl (C=O) groups excluding carboxylic acids is 3. The highest BCUT2D eigenvalue weighted by atomic mass is 19.4. The molecular formula is C21H25F3N4O4. The molecule has 11 heteroatoms. The van der Waals surface area contributed by atoms with E-state index in [9.17, 15) is 27.6 Å². The van der Waals surface area contributed by atoms with Gasteiger partial charge in [-0.05, 0) is 56.1 Å². The quantitative estimate of drug-likeness (QED) is 0.615. The number of nitrogens with one attached hydrogen (secondary N) is 1. The fraction of sp³-hybridized carbons (Fsp3) is 0.619. The maximum Gasteiger partial charge on any atom is 0.391 e. The second-order valence-corrected chi connectivity index (χ2v) is 9.16. The van der Waals surface area contributed by atoms with Crippen LogP contribution in [0.4, 0.5) is 18.0 Å². The molecule has 1 aromatic heterocycles. The molecule has 3 aliphatic rings. The average Bonchev–Trinajstić information content (AvgIpc) is 2.93. The number of urea groups is 1. The standard InChI is InChI=1S/C21H25F3N4O4/c1-11(21(22,23)24)4-5-15-18(30)28(19(31)27-15)12-7-20(8-12)9-13(10-20)32-17-14(16(25)29)3-2-6-26-17/h2-3,6,11-13,15H,4-5,7-10H2,1H3,(H2,25,29)(H,27,31)/t11?,12-,13-,15?,20?. The van der Waals surface area contributed by atoms with E-state index in [0.717, 1.165) is 6.92 Å². The minimum absolute atomic E-state index is 0.0399. The van der Waals surface area contributed by atoms with Crippen LogP contribution in [0.1, 0.15) is 55.8 Å². The summed E-state index contributed by atoms with van der Waals surface area (Å²) in [5, 5.41) is 2.52. The number of halogens is 3.